The zero-order chi connectivity index (χ0) is 15.7. The van der Waals surface area contributed by atoms with E-state index in [-0.39, 0.29) is 17.4 Å². The summed E-state index contributed by atoms with van der Waals surface area (Å²) in [6.45, 7) is 3.64. The SMILES string of the molecule is CCCCCN/C=C(/C#N)C(=O)N1CCC(C(=O)O)CC1. The van der Waals surface area contributed by atoms with E-state index in [1.807, 2.05) is 6.07 Å². The van der Waals surface area contributed by atoms with Crippen molar-refractivity contribution in [3.8, 4) is 6.07 Å². The standard InChI is InChI=1S/C15H23N3O3/c1-2-3-4-7-17-11-13(10-16)14(19)18-8-5-12(6-9-18)15(20)21/h11-12,17H,2-9H2,1H3,(H,20,21)/b13-11-. The van der Waals surface area contributed by atoms with Crippen LogP contribution < -0.4 is 5.32 Å². The van der Waals surface area contributed by atoms with Gasteiger partial charge in [0.1, 0.15) is 11.6 Å². The highest BCUT2D eigenvalue weighted by atomic mass is 16.4. The Balaban J connectivity index is 2.46. The van der Waals surface area contributed by atoms with Crippen LogP contribution in [0.5, 0.6) is 0 Å². The summed E-state index contributed by atoms with van der Waals surface area (Å²) in [6, 6.07) is 1.92. The van der Waals surface area contributed by atoms with Gasteiger partial charge in [0, 0.05) is 25.8 Å². The number of carboxylic acid groups (broad SMARTS) is 1. The van der Waals surface area contributed by atoms with Crippen molar-refractivity contribution in [2.45, 2.75) is 39.0 Å². The molecule has 0 unspecified atom stereocenters. The number of nitrogens with zero attached hydrogens (tertiary/aromatic N) is 2. The molecule has 0 saturated carbocycles. The number of hydrogen-bond donors (Lipinski definition) is 2. The Hall–Kier alpha value is -2.03. The molecule has 1 rings (SSSR count). The molecule has 0 radical (unpaired) electrons. The third-order valence-electron chi connectivity index (χ3n) is 3.65. The molecule has 0 spiro atoms. The van der Waals surface area contributed by atoms with Gasteiger partial charge in [-0.3, -0.25) is 9.59 Å². The van der Waals surface area contributed by atoms with E-state index < -0.39 is 5.97 Å². The lowest BCUT2D eigenvalue weighted by Gasteiger charge is -2.29. The van der Waals surface area contributed by atoms with Gasteiger partial charge in [0.2, 0.25) is 0 Å². The number of piperidine rings is 1. The number of nitrogens with one attached hydrogen (secondary N) is 1. The van der Waals surface area contributed by atoms with E-state index >= 15 is 0 Å². The first-order chi connectivity index (χ1) is 10.1. The zero-order valence-corrected chi connectivity index (χ0v) is 12.5. The fourth-order valence-electron chi connectivity index (χ4n) is 2.29. The molecule has 1 heterocycles. The van der Waals surface area contributed by atoms with E-state index in [9.17, 15) is 9.59 Å². The molecule has 0 aromatic rings. The van der Waals surface area contributed by atoms with Gasteiger partial charge in [0.15, 0.2) is 0 Å². The Kier molecular flexibility index (Phi) is 7.30. The van der Waals surface area contributed by atoms with Crippen molar-refractivity contribution in [3.63, 3.8) is 0 Å². The Bertz CT molecular complexity index is 432. The van der Waals surface area contributed by atoms with Crippen molar-refractivity contribution in [1.82, 2.24) is 10.2 Å². The van der Waals surface area contributed by atoms with Gasteiger partial charge in [0.25, 0.3) is 5.91 Å². The largest absolute Gasteiger partial charge is 0.481 e. The molecule has 116 valence electrons. The van der Waals surface area contributed by atoms with E-state index in [2.05, 4.69) is 12.2 Å². The number of nitriles is 1. The van der Waals surface area contributed by atoms with Crippen molar-refractivity contribution in [1.29, 1.82) is 5.26 Å². The summed E-state index contributed by atoms with van der Waals surface area (Å²) in [5.74, 6) is -1.50. The van der Waals surface area contributed by atoms with E-state index in [0.717, 1.165) is 25.8 Å². The maximum atomic E-state index is 12.2. The predicted octanol–water partition coefficient (Wildman–Crippen LogP) is 1.50. The highest BCUT2D eigenvalue weighted by Crippen LogP contribution is 2.18. The maximum Gasteiger partial charge on any atom is 0.306 e. The molecule has 0 bridgehead atoms. The molecular formula is C15H23N3O3. The van der Waals surface area contributed by atoms with Crippen LogP contribution in [0.4, 0.5) is 0 Å². The molecule has 1 fully saturated rings. The highest BCUT2D eigenvalue weighted by Gasteiger charge is 2.28. The number of carboxylic acids is 1. The Morgan fingerprint density at radius 3 is 2.57 bits per heavy atom. The molecule has 2 N–H and O–H groups in total. The molecule has 0 aliphatic carbocycles. The van der Waals surface area contributed by atoms with Gasteiger partial charge >= 0.3 is 5.97 Å². The second-order valence-corrected chi connectivity index (χ2v) is 5.24. The average molecular weight is 293 g/mol. The molecular weight excluding hydrogens is 270 g/mol. The van der Waals surface area contributed by atoms with Crippen molar-refractivity contribution in [3.05, 3.63) is 11.8 Å². The molecule has 0 aromatic carbocycles. The van der Waals surface area contributed by atoms with Crippen LogP contribution in [0, 0.1) is 17.2 Å². The van der Waals surface area contributed by atoms with Crippen LogP contribution in [0.1, 0.15) is 39.0 Å². The topological polar surface area (TPSA) is 93.4 Å². The predicted molar refractivity (Wildman–Crippen MR) is 78.2 cm³/mol. The van der Waals surface area contributed by atoms with E-state index in [1.165, 1.54) is 6.20 Å². The van der Waals surface area contributed by atoms with E-state index in [1.54, 1.807) is 4.90 Å². The van der Waals surface area contributed by atoms with Crippen LogP contribution in [0.2, 0.25) is 0 Å². The molecule has 6 nitrogen and oxygen atoms in total. The first kappa shape index (κ1) is 17.0. The van der Waals surface area contributed by atoms with Gasteiger partial charge in [-0.2, -0.15) is 5.26 Å². The number of hydrogen-bond acceptors (Lipinski definition) is 4. The first-order valence-corrected chi connectivity index (χ1v) is 7.45. The highest BCUT2D eigenvalue weighted by molar-refractivity contribution is 5.97. The fourth-order valence-corrected chi connectivity index (χ4v) is 2.29. The first-order valence-electron chi connectivity index (χ1n) is 7.45. The number of amides is 1. The summed E-state index contributed by atoms with van der Waals surface area (Å²) in [4.78, 5) is 24.6. The average Bonchev–Trinajstić information content (AvgIpc) is 2.50. The fraction of sp³-hybridized carbons (Fsp3) is 0.667. The van der Waals surface area contributed by atoms with Crippen LogP contribution in [-0.4, -0.2) is 41.5 Å². The maximum absolute atomic E-state index is 12.2. The lowest BCUT2D eigenvalue weighted by Crippen LogP contribution is -2.41. The minimum atomic E-state index is -0.810. The quantitative estimate of drug-likeness (QED) is 0.421. The van der Waals surface area contributed by atoms with Gasteiger partial charge in [-0.15, -0.1) is 0 Å². The van der Waals surface area contributed by atoms with Gasteiger partial charge in [0.05, 0.1) is 5.92 Å². The van der Waals surface area contributed by atoms with Crippen LogP contribution >= 0.6 is 0 Å². The molecule has 1 aliphatic rings. The number of rotatable bonds is 7. The number of likely N-dealkylation sites (tertiary alicyclic amines) is 1. The third-order valence-corrected chi connectivity index (χ3v) is 3.65. The van der Waals surface area contributed by atoms with Gasteiger partial charge < -0.3 is 15.3 Å². The molecule has 21 heavy (non-hydrogen) atoms. The smallest absolute Gasteiger partial charge is 0.306 e. The zero-order valence-electron chi connectivity index (χ0n) is 12.5. The lowest BCUT2D eigenvalue weighted by atomic mass is 9.97. The van der Waals surface area contributed by atoms with Crippen molar-refractivity contribution < 1.29 is 14.7 Å². The molecule has 0 atom stereocenters. The minimum absolute atomic E-state index is 0.0836. The monoisotopic (exact) mass is 293 g/mol. The van der Waals surface area contributed by atoms with Crippen LogP contribution in [0.15, 0.2) is 11.8 Å². The summed E-state index contributed by atoms with van der Waals surface area (Å²) in [7, 11) is 0. The normalized spacial score (nSPS) is 16.4. The molecule has 0 aromatic heterocycles. The molecule has 1 aliphatic heterocycles. The summed E-state index contributed by atoms with van der Waals surface area (Å²) in [5.41, 5.74) is 0.0836. The molecule has 1 amide bonds. The van der Waals surface area contributed by atoms with Gasteiger partial charge in [-0.05, 0) is 19.3 Å². The Labute approximate surface area is 125 Å². The number of carbonyl (C=O) groups excluding carboxylic acids is 1. The summed E-state index contributed by atoms with van der Waals surface area (Å²) < 4.78 is 0. The third kappa shape index (κ3) is 5.46. The van der Waals surface area contributed by atoms with Crippen molar-refractivity contribution in [2.75, 3.05) is 19.6 Å². The number of unbranched alkanes of at least 4 members (excludes halogenated alkanes) is 2. The van der Waals surface area contributed by atoms with Crippen molar-refractivity contribution >= 4 is 11.9 Å². The second kappa shape index (κ2) is 9.01. The lowest BCUT2D eigenvalue weighted by molar-refractivity contribution is -0.145. The van der Waals surface area contributed by atoms with Crippen molar-refractivity contribution in [2.24, 2.45) is 5.92 Å². The van der Waals surface area contributed by atoms with Crippen LogP contribution in [-0.2, 0) is 9.59 Å². The second-order valence-electron chi connectivity index (χ2n) is 5.24. The molecule has 1 saturated heterocycles. The Morgan fingerprint density at radius 2 is 2.05 bits per heavy atom. The van der Waals surface area contributed by atoms with Gasteiger partial charge in [-0.25, -0.2) is 0 Å². The Morgan fingerprint density at radius 1 is 1.38 bits per heavy atom. The molecule has 6 heteroatoms. The summed E-state index contributed by atoms with van der Waals surface area (Å²) >= 11 is 0. The van der Waals surface area contributed by atoms with E-state index in [0.29, 0.717) is 25.9 Å². The number of aliphatic carboxylic acids is 1. The number of carbonyl (C=O) groups is 2. The summed E-state index contributed by atoms with van der Waals surface area (Å²) in [5, 5.41) is 21.0. The summed E-state index contributed by atoms with van der Waals surface area (Å²) in [6.07, 6.45) is 5.60. The van der Waals surface area contributed by atoms with Crippen LogP contribution in [0.25, 0.3) is 0 Å². The van der Waals surface area contributed by atoms with Crippen LogP contribution in [0.3, 0.4) is 0 Å². The van der Waals surface area contributed by atoms with Gasteiger partial charge in [-0.1, -0.05) is 19.8 Å². The van der Waals surface area contributed by atoms with E-state index in [4.69, 9.17) is 10.4 Å². The minimum Gasteiger partial charge on any atom is -0.481 e.